The number of nitrogens with zero attached hydrogens (tertiary/aromatic N) is 2. The first-order valence-electron chi connectivity index (χ1n) is 7.69. The molecule has 25 heavy (non-hydrogen) atoms. The smallest absolute Gasteiger partial charge is 0.274 e. The summed E-state index contributed by atoms with van der Waals surface area (Å²) in [5.74, 6) is -0.191. The molecular formula is C19H14ClN3OS. The quantitative estimate of drug-likeness (QED) is 0.540. The van der Waals surface area contributed by atoms with Crippen LogP contribution in [0, 0.1) is 0 Å². The lowest BCUT2D eigenvalue weighted by molar-refractivity contribution is 0.101. The number of fused-ring (bicyclic) bond motifs is 1. The molecule has 4 rings (SSSR count). The van der Waals surface area contributed by atoms with Crippen molar-refractivity contribution < 1.29 is 4.79 Å². The zero-order valence-corrected chi connectivity index (χ0v) is 14.9. The first kappa shape index (κ1) is 15.9. The predicted molar refractivity (Wildman–Crippen MR) is 103 cm³/mol. The van der Waals surface area contributed by atoms with Gasteiger partial charge in [-0.15, -0.1) is 11.3 Å². The van der Waals surface area contributed by atoms with E-state index in [1.54, 1.807) is 0 Å². The maximum Gasteiger partial charge on any atom is 0.274 e. The van der Waals surface area contributed by atoms with Crippen LogP contribution in [0.4, 0.5) is 5.13 Å². The molecule has 0 fully saturated rings. The minimum atomic E-state index is -0.191. The fraction of sp³-hybridized carbons (Fsp3) is 0.0526. The molecule has 0 aliphatic rings. The van der Waals surface area contributed by atoms with Crippen LogP contribution in [0.1, 0.15) is 10.5 Å². The van der Waals surface area contributed by atoms with E-state index in [1.165, 1.54) is 11.3 Å². The van der Waals surface area contributed by atoms with Gasteiger partial charge in [0, 0.05) is 33.9 Å². The van der Waals surface area contributed by atoms with Gasteiger partial charge in [0.25, 0.3) is 5.91 Å². The largest absolute Gasteiger partial charge is 0.340 e. The highest BCUT2D eigenvalue weighted by atomic mass is 35.5. The number of aryl methyl sites for hydroxylation is 1. The molecule has 0 unspecified atom stereocenters. The molecule has 4 aromatic rings. The summed E-state index contributed by atoms with van der Waals surface area (Å²) in [5, 5.41) is 7.01. The normalized spacial score (nSPS) is 11.0. The summed E-state index contributed by atoms with van der Waals surface area (Å²) in [6, 6.07) is 17.3. The number of thiazole rings is 1. The molecule has 6 heteroatoms. The van der Waals surface area contributed by atoms with Crippen LogP contribution in [0.5, 0.6) is 0 Å². The van der Waals surface area contributed by atoms with Crippen LogP contribution in [-0.4, -0.2) is 15.5 Å². The second kappa shape index (κ2) is 6.35. The van der Waals surface area contributed by atoms with Crippen molar-refractivity contribution in [3.05, 3.63) is 70.7 Å². The molecule has 1 N–H and O–H groups in total. The van der Waals surface area contributed by atoms with Crippen molar-refractivity contribution in [1.29, 1.82) is 0 Å². The SMILES string of the molecule is Cn1c(C(=O)Nc2nc(-c3ccccc3)cs2)cc2ccc(Cl)cc21. The van der Waals surface area contributed by atoms with E-state index in [0.29, 0.717) is 15.8 Å². The minimum Gasteiger partial charge on any atom is -0.340 e. The average molecular weight is 368 g/mol. The molecule has 0 saturated heterocycles. The topological polar surface area (TPSA) is 46.9 Å². The number of carbonyl (C=O) groups is 1. The van der Waals surface area contributed by atoms with Crippen LogP contribution in [-0.2, 0) is 7.05 Å². The van der Waals surface area contributed by atoms with Crippen LogP contribution >= 0.6 is 22.9 Å². The van der Waals surface area contributed by atoms with Gasteiger partial charge >= 0.3 is 0 Å². The number of aromatic nitrogens is 2. The first-order chi connectivity index (χ1) is 12.1. The highest BCUT2D eigenvalue weighted by Gasteiger charge is 2.15. The molecule has 0 aliphatic heterocycles. The van der Waals surface area contributed by atoms with Gasteiger partial charge in [-0.25, -0.2) is 4.98 Å². The third kappa shape index (κ3) is 3.04. The van der Waals surface area contributed by atoms with E-state index in [1.807, 2.05) is 71.6 Å². The van der Waals surface area contributed by atoms with Crippen molar-refractivity contribution in [1.82, 2.24) is 9.55 Å². The number of anilines is 1. The Balaban J connectivity index is 1.61. The Morgan fingerprint density at radius 1 is 1.16 bits per heavy atom. The van der Waals surface area contributed by atoms with Crippen LogP contribution in [0.15, 0.2) is 60.0 Å². The summed E-state index contributed by atoms with van der Waals surface area (Å²) in [7, 11) is 1.85. The van der Waals surface area contributed by atoms with Crippen molar-refractivity contribution in [3.8, 4) is 11.3 Å². The van der Waals surface area contributed by atoms with Gasteiger partial charge in [-0.3, -0.25) is 10.1 Å². The van der Waals surface area contributed by atoms with Gasteiger partial charge in [-0.2, -0.15) is 0 Å². The molecule has 0 radical (unpaired) electrons. The number of carbonyl (C=O) groups excluding carboxylic acids is 1. The van der Waals surface area contributed by atoms with Crippen LogP contribution < -0.4 is 5.32 Å². The molecule has 0 aliphatic carbocycles. The lowest BCUT2D eigenvalue weighted by Gasteiger charge is -2.04. The Bertz CT molecular complexity index is 1070. The van der Waals surface area contributed by atoms with Gasteiger partial charge in [0.05, 0.1) is 5.69 Å². The van der Waals surface area contributed by atoms with Crippen molar-refractivity contribution in [2.45, 2.75) is 0 Å². The third-order valence-electron chi connectivity index (χ3n) is 4.03. The summed E-state index contributed by atoms with van der Waals surface area (Å²) in [4.78, 5) is 17.1. The number of hydrogen-bond acceptors (Lipinski definition) is 3. The lowest BCUT2D eigenvalue weighted by atomic mass is 10.2. The molecule has 2 aromatic carbocycles. The van der Waals surface area contributed by atoms with Crippen LogP contribution in [0.25, 0.3) is 22.2 Å². The molecule has 0 atom stereocenters. The van der Waals surface area contributed by atoms with E-state index in [4.69, 9.17) is 11.6 Å². The van der Waals surface area contributed by atoms with Crippen molar-refractivity contribution in [2.24, 2.45) is 7.05 Å². The Kier molecular flexibility index (Phi) is 4.03. The van der Waals surface area contributed by atoms with Gasteiger partial charge in [0.15, 0.2) is 5.13 Å². The number of amides is 1. The molecule has 1 amide bonds. The third-order valence-corrected chi connectivity index (χ3v) is 5.03. The van der Waals surface area contributed by atoms with Gasteiger partial charge in [0.1, 0.15) is 5.69 Å². The molecule has 124 valence electrons. The number of halogens is 1. The number of nitrogens with one attached hydrogen (secondary N) is 1. The highest BCUT2D eigenvalue weighted by molar-refractivity contribution is 7.14. The van der Waals surface area contributed by atoms with E-state index in [0.717, 1.165) is 22.2 Å². The number of benzene rings is 2. The fourth-order valence-electron chi connectivity index (χ4n) is 2.75. The monoisotopic (exact) mass is 367 g/mol. The first-order valence-corrected chi connectivity index (χ1v) is 8.95. The molecule has 4 nitrogen and oxygen atoms in total. The zero-order chi connectivity index (χ0) is 17.4. The second-order valence-electron chi connectivity index (χ2n) is 5.65. The second-order valence-corrected chi connectivity index (χ2v) is 6.94. The Morgan fingerprint density at radius 3 is 2.76 bits per heavy atom. The summed E-state index contributed by atoms with van der Waals surface area (Å²) in [5.41, 5.74) is 3.36. The van der Waals surface area contributed by atoms with Crippen LogP contribution in [0.3, 0.4) is 0 Å². The highest BCUT2D eigenvalue weighted by Crippen LogP contribution is 2.26. The van der Waals surface area contributed by atoms with E-state index >= 15 is 0 Å². The summed E-state index contributed by atoms with van der Waals surface area (Å²) in [6.45, 7) is 0. The predicted octanol–water partition coefficient (Wildman–Crippen LogP) is 5.21. The van der Waals surface area contributed by atoms with E-state index in [-0.39, 0.29) is 5.91 Å². The van der Waals surface area contributed by atoms with Gasteiger partial charge in [-0.05, 0) is 18.2 Å². The lowest BCUT2D eigenvalue weighted by Crippen LogP contribution is -2.15. The molecule has 0 saturated carbocycles. The van der Waals surface area contributed by atoms with E-state index in [2.05, 4.69) is 10.3 Å². The maximum absolute atomic E-state index is 12.6. The summed E-state index contributed by atoms with van der Waals surface area (Å²) in [6.07, 6.45) is 0. The maximum atomic E-state index is 12.6. The van der Waals surface area contributed by atoms with E-state index in [9.17, 15) is 4.79 Å². The van der Waals surface area contributed by atoms with E-state index < -0.39 is 0 Å². The Labute approximate surface area is 153 Å². The van der Waals surface area contributed by atoms with Crippen molar-refractivity contribution >= 4 is 44.9 Å². The average Bonchev–Trinajstić information content (AvgIpc) is 3.21. The summed E-state index contributed by atoms with van der Waals surface area (Å²) < 4.78 is 1.84. The zero-order valence-electron chi connectivity index (χ0n) is 13.4. The number of rotatable bonds is 3. The molecule has 2 heterocycles. The van der Waals surface area contributed by atoms with Gasteiger partial charge < -0.3 is 4.57 Å². The van der Waals surface area contributed by atoms with Crippen molar-refractivity contribution in [2.75, 3.05) is 5.32 Å². The molecule has 2 aromatic heterocycles. The fourth-order valence-corrected chi connectivity index (χ4v) is 3.64. The Morgan fingerprint density at radius 2 is 1.96 bits per heavy atom. The minimum absolute atomic E-state index is 0.191. The van der Waals surface area contributed by atoms with Gasteiger partial charge in [-0.1, -0.05) is 48.0 Å². The Hall–Kier alpha value is -2.63. The van der Waals surface area contributed by atoms with Crippen molar-refractivity contribution in [3.63, 3.8) is 0 Å². The number of hydrogen-bond donors (Lipinski definition) is 1. The van der Waals surface area contributed by atoms with Crippen LogP contribution in [0.2, 0.25) is 5.02 Å². The molecule has 0 bridgehead atoms. The molecular weight excluding hydrogens is 354 g/mol. The molecule has 0 spiro atoms. The summed E-state index contributed by atoms with van der Waals surface area (Å²) >= 11 is 7.46. The standard InChI is InChI=1S/C19H14ClN3OS/c1-23-16-10-14(20)8-7-13(16)9-17(23)18(24)22-19-21-15(11-25-19)12-5-3-2-4-6-12/h2-11H,1H3,(H,21,22,24). The van der Waals surface area contributed by atoms with Gasteiger partial charge in [0.2, 0.25) is 0 Å².